The highest BCUT2D eigenvalue weighted by Gasteiger charge is 2.32. The number of allylic oxidation sites excluding steroid dienone is 3. The number of hydrogen-bond donors (Lipinski definition) is 1. The number of nitrogens with two attached hydrogens (primary N) is 1. The zero-order chi connectivity index (χ0) is 13.2. The molecule has 0 fully saturated rings. The van der Waals surface area contributed by atoms with Crippen LogP contribution in [0.5, 0.6) is 0 Å². The molecular formula is C16H20N2O. The van der Waals surface area contributed by atoms with Crippen molar-refractivity contribution >= 4 is 6.21 Å². The molecule has 19 heavy (non-hydrogen) atoms. The first-order valence-corrected chi connectivity index (χ1v) is 6.90. The fraction of sp³-hybridized carbons (Fsp3) is 0.438. The quantitative estimate of drug-likeness (QED) is 0.772. The van der Waals surface area contributed by atoms with E-state index in [1.807, 2.05) is 24.4 Å². The highest BCUT2D eigenvalue weighted by atomic mass is 16.5. The van der Waals surface area contributed by atoms with Crippen molar-refractivity contribution in [3.8, 4) is 0 Å². The Balaban J connectivity index is 1.72. The van der Waals surface area contributed by atoms with E-state index in [1.54, 1.807) is 0 Å². The maximum atomic E-state index is 6.26. The smallest absolute Gasteiger partial charge is 0.0993 e. The number of nitrogens with zero attached hydrogens (tertiary/aromatic N) is 1. The molecule has 0 aromatic rings. The Bertz CT molecular complexity index is 499. The molecule has 2 aliphatic carbocycles. The van der Waals surface area contributed by atoms with Gasteiger partial charge in [0, 0.05) is 17.8 Å². The number of hydrogen-bond acceptors (Lipinski definition) is 3. The van der Waals surface area contributed by atoms with E-state index in [4.69, 9.17) is 10.5 Å². The summed E-state index contributed by atoms with van der Waals surface area (Å²) in [5, 5.41) is 0. The number of rotatable bonds is 2. The molecule has 2 N–H and O–H groups in total. The van der Waals surface area contributed by atoms with E-state index in [9.17, 15) is 0 Å². The first-order valence-electron chi connectivity index (χ1n) is 6.90. The molecule has 3 rings (SSSR count). The van der Waals surface area contributed by atoms with Crippen LogP contribution in [0.25, 0.3) is 0 Å². The third-order valence-corrected chi connectivity index (χ3v) is 4.00. The SMILES string of the molecule is CC1=CC(N)=CCC1OC1C=CCC2C=CC=NC21. The zero-order valence-corrected chi connectivity index (χ0v) is 11.2. The summed E-state index contributed by atoms with van der Waals surface area (Å²) in [4.78, 5) is 4.59. The van der Waals surface area contributed by atoms with Crippen molar-refractivity contribution in [3.63, 3.8) is 0 Å². The highest BCUT2D eigenvalue weighted by molar-refractivity contribution is 5.72. The van der Waals surface area contributed by atoms with Crippen molar-refractivity contribution in [3.05, 3.63) is 47.7 Å². The third-order valence-electron chi connectivity index (χ3n) is 4.00. The lowest BCUT2D eigenvalue weighted by Gasteiger charge is -2.35. The number of aliphatic imine (C=N–C) groups is 1. The van der Waals surface area contributed by atoms with Crippen LogP contribution in [-0.2, 0) is 4.74 Å². The molecule has 3 heteroatoms. The summed E-state index contributed by atoms with van der Waals surface area (Å²) in [5.74, 6) is 0.480. The van der Waals surface area contributed by atoms with Gasteiger partial charge in [0.05, 0.1) is 18.2 Å². The van der Waals surface area contributed by atoms with Crippen LogP contribution in [0.2, 0.25) is 0 Å². The van der Waals surface area contributed by atoms with Gasteiger partial charge in [0.2, 0.25) is 0 Å². The van der Waals surface area contributed by atoms with Gasteiger partial charge in [0.25, 0.3) is 0 Å². The maximum Gasteiger partial charge on any atom is 0.0993 e. The first-order chi connectivity index (χ1) is 9.24. The summed E-state index contributed by atoms with van der Waals surface area (Å²) in [7, 11) is 0. The zero-order valence-electron chi connectivity index (χ0n) is 11.2. The molecule has 0 saturated heterocycles. The fourth-order valence-electron chi connectivity index (χ4n) is 2.92. The minimum atomic E-state index is 0.0704. The van der Waals surface area contributed by atoms with E-state index in [-0.39, 0.29) is 18.2 Å². The average molecular weight is 256 g/mol. The summed E-state index contributed by atoms with van der Waals surface area (Å²) < 4.78 is 6.26. The largest absolute Gasteiger partial charge is 0.399 e. The predicted octanol–water partition coefficient (Wildman–Crippen LogP) is 2.52. The second-order valence-electron chi connectivity index (χ2n) is 5.42. The second-order valence-corrected chi connectivity index (χ2v) is 5.42. The Labute approximate surface area is 114 Å². The minimum absolute atomic E-state index is 0.0704. The minimum Gasteiger partial charge on any atom is -0.399 e. The van der Waals surface area contributed by atoms with Crippen molar-refractivity contribution in [1.29, 1.82) is 0 Å². The Morgan fingerprint density at radius 3 is 3.05 bits per heavy atom. The molecule has 4 unspecified atom stereocenters. The van der Waals surface area contributed by atoms with Crippen LogP contribution in [0.4, 0.5) is 0 Å². The Morgan fingerprint density at radius 2 is 2.21 bits per heavy atom. The van der Waals surface area contributed by atoms with Crippen LogP contribution >= 0.6 is 0 Å². The van der Waals surface area contributed by atoms with Gasteiger partial charge in [0.1, 0.15) is 0 Å². The van der Waals surface area contributed by atoms with E-state index in [1.165, 1.54) is 5.57 Å². The van der Waals surface area contributed by atoms with Crippen molar-refractivity contribution in [2.45, 2.75) is 38.0 Å². The van der Waals surface area contributed by atoms with E-state index >= 15 is 0 Å². The molecule has 0 radical (unpaired) electrons. The van der Waals surface area contributed by atoms with Gasteiger partial charge in [0.15, 0.2) is 0 Å². The van der Waals surface area contributed by atoms with Gasteiger partial charge in [-0.25, -0.2) is 0 Å². The summed E-state index contributed by atoms with van der Waals surface area (Å²) in [6.07, 6.45) is 16.7. The van der Waals surface area contributed by atoms with Crippen LogP contribution in [0.3, 0.4) is 0 Å². The average Bonchev–Trinajstić information content (AvgIpc) is 2.42. The van der Waals surface area contributed by atoms with Crippen LogP contribution < -0.4 is 5.73 Å². The van der Waals surface area contributed by atoms with Gasteiger partial charge in [-0.15, -0.1) is 0 Å². The van der Waals surface area contributed by atoms with Crippen molar-refractivity contribution in [1.82, 2.24) is 0 Å². The van der Waals surface area contributed by atoms with Gasteiger partial charge in [-0.2, -0.15) is 0 Å². The Morgan fingerprint density at radius 1 is 1.32 bits per heavy atom. The van der Waals surface area contributed by atoms with Crippen molar-refractivity contribution in [2.75, 3.05) is 0 Å². The molecule has 0 spiro atoms. The Kier molecular flexibility index (Phi) is 3.38. The van der Waals surface area contributed by atoms with Crippen LogP contribution in [0.15, 0.2) is 52.7 Å². The fourth-order valence-corrected chi connectivity index (χ4v) is 2.92. The van der Waals surface area contributed by atoms with E-state index in [0.717, 1.165) is 18.5 Å². The summed E-state index contributed by atoms with van der Waals surface area (Å²) in [6.45, 7) is 2.08. The Hall–Kier alpha value is -1.61. The van der Waals surface area contributed by atoms with E-state index in [2.05, 4.69) is 30.1 Å². The molecule has 3 aliphatic rings. The highest BCUT2D eigenvalue weighted by Crippen LogP contribution is 2.30. The lowest BCUT2D eigenvalue weighted by molar-refractivity contribution is 0.0116. The van der Waals surface area contributed by atoms with Crippen LogP contribution in [-0.4, -0.2) is 24.5 Å². The second kappa shape index (κ2) is 5.17. The van der Waals surface area contributed by atoms with E-state index < -0.39 is 0 Å². The molecule has 1 heterocycles. The lowest BCUT2D eigenvalue weighted by atomic mass is 9.85. The van der Waals surface area contributed by atoms with Crippen molar-refractivity contribution in [2.24, 2.45) is 16.6 Å². The summed E-state index contributed by atoms with van der Waals surface area (Å²) in [5.41, 5.74) is 7.85. The van der Waals surface area contributed by atoms with Gasteiger partial charge in [-0.3, -0.25) is 4.99 Å². The third kappa shape index (κ3) is 2.56. The molecule has 0 saturated carbocycles. The number of fused-ring (bicyclic) bond motifs is 1. The molecule has 1 aliphatic heterocycles. The molecule has 0 aromatic carbocycles. The first kappa shape index (κ1) is 12.4. The number of ether oxygens (including phenoxy) is 1. The van der Waals surface area contributed by atoms with Crippen molar-refractivity contribution < 1.29 is 4.74 Å². The van der Waals surface area contributed by atoms with Gasteiger partial charge in [-0.05, 0) is 37.5 Å². The molecule has 100 valence electrons. The van der Waals surface area contributed by atoms with E-state index in [0.29, 0.717) is 5.92 Å². The monoisotopic (exact) mass is 256 g/mol. The van der Waals surface area contributed by atoms with Gasteiger partial charge >= 0.3 is 0 Å². The van der Waals surface area contributed by atoms with Crippen LogP contribution in [0.1, 0.15) is 19.8 Å². The van der Waals surface area contributed by atoms with Gasteiger partial charge in [-0.1, -0.05) is 24.3 Å². The summed E-state index contributed by atoms with van der Waals surface area (Å²) in [6, 6.07) is 0.228. The maximum absolute atomic E-state index is 6.26. The normalized spacial score (nSPS) is 36.7. The topological polar surface area (TPSA) is 47.6 Å². The number of dihydropyridines is 1. The standard InChI is InChI=1S/C16H20N2O/c1-11-10-13(17)7-8-14(11)19-15-6-2-4-12-5-3-9-18-16(12)15/h2-3,5-7,9-10,12,14-16H,4,8,17H2,1H3. The molecule has 0 aromatic heterocycles. The molecular weight excluding hydrogens is 236 g/mol. The molecule has 0 bridgehead atoms. The van der Waals surface area contributed by atoms with Crippen LogP contribution in [0, 0.1) is 5.92 Å². The molecule has 0 amide bonds. The summed E-state index contributed by atoms with van der Waals surface area (Å²) >= 11 is 0. The molecule has 4 atom stereocenters. The lowest BCUT2D eigenvalue weighted by Crippen LogP contribution is -2.38. The molecule has 3 nitrogen and oxygen atoms in total. The predicted molar refractivity (Wildman–Crippen MR) is 78.0 cm³/mol. The van der Waals surface area contributed by atoms with Gasteiger partial charge < -0.3 is 10.5 Å².